The molecule has 0 radical (unpaired) electrons. The standard InChI is InChI=1S/C14H12N4/c1-3-13-11(5-6-15-13)7-10(1)12-2-4-14-17-16-9-18(14)8-12/h1-4,7-9,15H,5-6H2. The fraction of sp³-hybridized carbons (Fsp3) is 0.143. The third-order valence-electron chi connectivity index (χ3n) is 3.44. The van der Waals surface area contributed by atoms with Crippen LogP contribution < -0.4 is 5.32 Å². The molecular formula is C14H12N4. The Labute approximate surface area is 104 Å². The van der Waals surface area contributed by atoms with Gasteiger partial charge in [0.1, 0.15) is 6.33 Å². The first-order valence-electron chi connectivity index (χ1n) is 6.07. The first-order chi connectivity index (χ1) is 8.90. The zero-order valence-electron chi connectivity index (χ0n) is 9.80. The van der Waals surface area contributed by atoms with Gasteiger partial charge in [-0.15, -0.1) is 10.2 Å². The van der Waals surface area contributed by atoms with Crippen molar-refractivity contribution in [1.29, 1.82) is 0 Å². The fourth-order valence-electron chi connectivity index (χ4n) is 2.48. The Kier molecular flexibility index (Phi) is 1.91. The highest BCUT2D eigenvalue weighted by Crippen LogP contribution is 2.28. The van der Waals surface area contributed by atoms with Gasteiger partial charge in [-0.2, -0.15) is 0 Å². The average molecular weight is 236 g/mol. The molecular weight excluding hydrogens is 224 g/mol. The van der Waals surface area contributed by atoms with E-state index in [0.29, 0.717) is 0 Å². The zero-order valence-corrected chi connectivity index (χ0v) is 9.80. The van der Waals surface area contributed by atoms with Crippen molar-refractivity contribution >= 4 is 11.3 Å². The summed E-state index contributed by atoms with van der Waals surface area (Å²) in [7, 11) is 0. The monoisotopic (exact) mass is 236 g/mol. The smallest absolute Gasteiger partial charge is 0.160 e. The Morgan fingerprint density at radius 2 is 2.06 bits per heavy atom. The van der Waals surface area contributed by atoms with Crippen molar-refractivity contribution in [3.63, 3.8) is 0 Å². The van der Waals surface area contributed by atoms with Gasteiger partial charge in [-0.1, -0.05) is 6.07 Å². The molecule has 3 heterocycles. The van der Waals surface area contributed by atoms with Gasteiger partial charge in [-0.25, -0.2) is 0 Å². The summed E-state index contributed by atoms with van der Waals surface area (Å²) in [6, 6.07) is 10.7. The quantitative estimate of drug-likeness (QED) is 0.705. The van der Waals surface area contributed by atoms with Crippen LogP contribution in [-0.2, 0) is 6.42 Å². The van der Waals surface area contributed by atoms with Gasteiger partial charge in [0.2, 0.25) is 0 Å². The third kappa shape index (κ3) is 1.39. The number of anilines is 1. The van der Waals surface area contributed by atoms with E-state index in [1.165, 1.54) is 22.4 Å². The molecule has 18 heavy (non-hydrogen) atoms. The van der Waals surface area contributed by atoms with Gasteiger partial charge in [-0.05, 0) is 47.4 Å². The van der Waals surface area contributed by atoms with Crippen LogP contribution in [0.3, 0.4) is 0 Å². The van der Waals surface area contributed by atoms with E-state index in [0.717, 1.165) is 18.6 Å². The molecule has 0 atom stereocenters. The van der Waals surface area contributed by atoms with E-state index >= 15 is 0 Å². The summed E-state index contributed by atoms with van der Waals surface area (Å²) >= 11 is 0. The molecule has 0 unspecified atom stereocenters. The average Bonchev–Trinajstić information content (AvgIpc) is 3.05. The van der Waals surface area contributed by atoms with Crippen LogP contribution in [0.15, 0.2) is 42.9 Å². The van der Waals surface area contributed by atoms with Crippen molar-refractivity contribution in [3.05, 3.63) is 48.4 Å². The minimum absolute atomic E-state index is 0.876. The van der Waals surface area contributed by atoms with Crippen molar-refractivity contribution < 1.29 is 0 Å². The molecule has 2 aromatic heterocycles. The van der Waals surface area contributed by atoms with E-state index in [2.05, 4.69) is 46.0 Å². The highest BCUT2D eigenvalue weighted by molar-refractivity contribution is 5.70. The maximum atomic E-state index is 4.01. The minimum atomic E-state index is 0.876. The summed E-state index contributed by atoms with van der Waals surface area (Å²) < 4.78 is 1.95. The van der Waals surface area contributed by atoms with E-state index in [1.807, 2.05) is 10.5 Å². The van der Waals surface area contributed by atoms with Crippen LogP contribution >= 0.6 is 0 Å². The van der Waals surface area contributed by atoms with Crippen molar-refractivity contribution in [2.75, 3.05) is 11.9 Å². The van der Waals surface area contributed by atoms with Crippen LogP contribution in [0.4, 0.5) is 5.69 Å². The second-order valence-corrected chi connectivity index (χ2v) is 4.56. The molecule has 0 aliphatic carbocycles. The molecule has 3 aromatic rings. The highest BCUT2D eigenvalue weighted by Gasteiger charge is 2.10. The van der Waals surface area contributed by atoms with Crippen molar-refractivity contribution in [2.45, 2.75) is 6.42 Å². The first kappa shape index (κ1) is 9.65. The molecule has 0 fully saturated rings. The predicted octanol–water partition coefficient (Wildman–Crippen LogP) is 2.36. The molecule has 88 valence electrons. The molecule has 0 saturated heterocycles. The lowest BCUT2D eigenvalue weighted by molar-refractivity contribution is 1.10. The van der Waals surface area contributed by atoms with Crippen LogP contribution in [-0.4, -0.2) is 21.1 Å². The van der Waals surface area contributed by atoms with Crippen LogP contribution in [0.2, 0.25) is 0 Å². The first-order valence-corrected chi connectivity index (χ1v) is 6.07. The Balaban J connectivity index is 1.86. The topological polar surface area (TPSA) is 42.2 Å². The minimum Gasteiger partial charge on any atom is -0.384 e. The molecule has 0 bridgehead atoms. The van der Waals surface area contributed by atoms with Gasteiger partial charge in [0, 0.05) is 18.4 Å². The summed E-state index contributed by atoms with van der Waals surface area (Å²) in [5.74, 6) is 0. The van der Waals surface area contributed by atoms with Crippen molar-refractivity contribution in [2.24, 2.45) is 0 Å². The van der Waals surface area contributed by atoms with Crippen LogP contribution in [0.5, 0.6) is 0 Å². The number of benzene rings is 1. The molecule has 0 amide bonds. The van der Waals surface area contributed by atoms with Gasteiger partial charge in [-0.3, -0.25) is 4.40 Å². The number of aromatic nitrogens is 3. The van der Waals surface area contributed by atoms with Gasteiger partial charge in [0.25, 0.3) is 0 Å². The fourth-order valence-corrected chi connectivity index (χ4v) is 2.48. The molecule has 0 saturated carbocycles. The molecule has 4 rings (SSSR count). The predicted molar refractivity (Wildman–Crippen MR) is 70.6 cm³/mol. The summed E-state index contributed by atoms with van der Waals surface area (Å²) in [4.78, 5) is 0. The van der Waals surface area contributed by atoms with Crippen LogP contribution in [0.1, 0.15) is 5.56 Å². The maximum Gasteiger partial charge on any atom is 0.160 e. The Bertz CT molecular complexity index is 729. The normalized spacial score (nSPS) is 13.6. The summed E-state index contributed by atoms with van der Waals surface area (Å²) in [6.45, 7) is 1.04. The van der Waals surface area contributed by atoms with Gasteiger partial charge < -0.3 is 5.32 Å². The molecule has 4 heteroatoms. The maximum absolute atomic E-state index is 4.01. The third-order valence-corrected chi connectivity index (χ3v) is 3.44. The van der Waals surface area contributed by atoms with E-state index < -0.39 is 0 Å². The molecule has 1 aliphatic rings. The van der Waals surface area contributed by atoms with Gasteiger partial charge >= 0.3 is 0 Å². The second-order valence-electron chi connectivity index (χ2n) is 4.56. The van der Waals surface area contributed by atoms with Crippen LogP contribution in [0, 0.1) is 0 Å². The van der Waals surface area contributed by atoms with Gasteiger partial charge in [0.05, 0.1) is 0 Å². The number of fused-ring (bicyclic) bond motifs is 2. The molecule has 0 spiro atoms. The number of rotatable bonds is 1. The van der Waals surface area contributed by atoms with Crippen LogP contribution in [0.25, 0.3) is 16.8 Å². The lowest BCUT2D eigenvalue weighted by Crippen LogP contribution is -1.90. The van der Waals surface area contributed by atoms with E-state index in [1.54, 1.807) is 6.33 Å². The van der Waals surface area contributed by atoms with Crippen molar-refractivity contribution in [3.8, 4) is 11.1 Å². The Morgan fingerprint density at radius 3 is 3.06 bits per heavy atom. The Morgan fingerprint density at radius 1 is 1.11 bits per heavy atom. The molecule has 4 nitrogen and oxygen atoms in total. The van der Waals surface area contributed by atoms with E-state index in [9.17, 15) is 0 Å². The van der Waals surface area contributed by atoms with Gasteiger partial charge in [0.15, 0.2) is 5.65 Å². The molecule has 1 N–H and O–H groups in total. The largest absolute Gasteiger partial charge is 0.384 e. The lowest BCUT2D eigenvalue weighted by atomic mass is 10.0. The summed E-state index contributed by atoms with van der Waals surface area (Å²) in [5, 5.41) is 11.3. The number of hydrogen-bond donors (Lipinski definition) is 1. The number of nitrogens with zero attached hydrogens (tertiary/aromatic N) is 3. The molecule has 1 aliphatic heterocycles. The lowest BCUT2D eigenvalue weighted by Gasteiger charge is -2.05. The number of nitrogens with one attached hydrogen (secondary N) is 1. The van der Waals surface area contributed by atoms with E-state index in [-0.39, 0.29) is 0 Å². The Hall–Kier alpha value is -2.36. The zero-order chi connectivity index (χ0) is 11.9. The van der Waals surface area contributed by atoms with Crippen molar-refractivity contribution in [1.82, 2.24) is 14.6 Å². The number of pyridine rings is 1. The summed E-state index contributed by atoms with van der Waals surface area (Å²) in [5.41, 5.74) is 5.98. The van der Waals surface area contributed by atoms with E-state index in [4.69, 9.17) is 0 Å². The second kappa shape index (κ2) is 3.57. The SMILES string of the molecule is c1cc2c(cc1-c1ccc3nncn3c1)CCN2. The number of hydrogen-bond acceptors (Lipinski definition) is 3. The highest BCUT2D eigenvalue weighted by atomic mass is 15.2. The molecule has 1 aromatic carbocycles. The summed E-state index contributed by atoms with van der Waals surface area (Å²) in [6.07, 6.45) is 4.91.